The summed E-state index contributed by atoms with van der Waals surface area (Å²) in [5.74, 6) is -0.424. The van der Waals surface area contributed by atoms with E-state index in [0.29, 0.717) is 0 Å². The highest BCUT2D eigenvalue weighted by Crippen LogP contribution is 2.37. The van der Waals surface area contributed by atoms with Gasteiger partial charge in [-0.05, 0) is 25.1 Å². The van der Waals surface area contributed by atoms with E-state index in [2.05, 4.69) is 33.9 Å². The van der Waals surface area contributed by atoms with Gasteiger partial charge >= 0.3 is 5.97 Å². The standard InChI is InChI=1S/C14H27ClO4Si/c1-7-18-13(17)9-11(16)8-12(10-15)19-20(5,6)14(2,3)4/h12H,7-10H2,1-6H3. The number of ketones is 1. The van der Waals surface area contributed by atoms with Crippen molar-refractivity contribution >= 4 is 31.7 Å². The molecule has 0 aromatic rings. The van der Waals surface area contributed by atoms with Crippen molar-refractivity contribution in [3.05, 3.63) is 0 Å². The lowest BCUT2D eigenvalue weighted by atomic mass is 10.1. The molecule has 6 heteroatoms. The highest BCUT2D eigenvalue weighted by molar-refractivity contribution is 6.74. The van der Waals surface area contributed by atoms with Gasteiger partial charge in [0.05, 0.1) is 12.7 Å². The molecule has 4 nitrogen and oxygen atoms in total. The summed E-state index contributed by atoms with van der Waals surface area (Å²) in [6.07, 6.45) is -0.379. The molecule has 0 fully saturated rings. The van der Waals surface area contributed by atoms with Crippen LogP contribution in [0.25, 0.3) is 0 Å². The quantitative estimate of drug-likeness (QED) is 0.297. The highest BCUT2D eigenvalue weighted by atomic mass is 35.5. The Morgan fingerprint density at radius 3 is 2.20 bits per heavy atom. The summed E-state index contributed by atoms with van der Waals surface area (Å²) in [6.45, 7) is 12.6. The van der Waals surface area contributed by atoms with Crippen molar-refractivity contribution in [1.29, 1.82) is 0 Å². The number of rotatable bonds is 8. The van der Waals surface area contributed by atoms with Crippen LogP contribution >= 0.6 is 11.6 Å². The average molecular weight is 323 g/mol. The molecule has 0 amide bonds. The molecule has 0 bridgehead atoms. The fourth-order valence-electron chi connectivity index (χ4n) is 1.42. The summed E-state index contributed by atoms with van der Waals surface area (Å²) in [5, 5.41) is 0.0570. The molecule has 0 heterocycles. The van der Waals surface area contributed by atoms with Gasteiger partial charge < -0.3 is 9.16 Å². The monoisotopic (exact) mass is 322 g/mol. The Balaban J connectivity index is 4.49. The van der Waals surface area contributed by atoms with E-state index < -0.39 is 14.3 Å². The lowest BCUT2D eigenvalue weighted by molar-refractivity contribution is -0.145. The zero-order valence-corrected chi connectivity index (χ0v) is 15.2. The molecule has 0 radical (unpaired) electrons. The Labute approximate surface area is 128 Å². The van der Waals surface area contributed by atoms with Gasteiger partial charge in [0.2, 0.25) is 0 Å². The number of esters is 1. The minimum atomic E-state index is -1.96. The third-order valence-electron chi connectivity index (χ3n) is 3.54. The van der Waals surface area contributed by atoms with Gasteiger partial charge in [-0.15, -0.1) is 11.6 Å². The maximum atomic E-state index is 11.8. The summed E-state index contributed by atoms with van der Waals surface area (Å²) in [5.41, 5.74) is 0. The van der Waals surface area contributed by atoms with Crippen LogP contribution in [0.3, 0.4) is 0 Å². The normalized spacial score (nSPS) is 13.9. The fraction of sp³-hybridized carbons (Fsp3) is 0.857. The molecule has 0 aromatic heterocycles. The van der Waals surface area contributed by atoms with Crippen molar-refractivity contribution in [3.63, 3.8) is 0 Å². The summed E-state index contributed by atoms with van der Waals surface area (Å²) < 4.78 is 10.9. The van der Waals surface area contributed by atoms with Gasteiger partial charge in [-0.25, -0.2) is 0 Å². The second-order valence-electron chi connectivity index (χ2n) is 6.38. The number of hydrogen-bond donors (Lipinski definition) is 0. The van der Waals surface area contributed by atoms with Crippen LogP contribution in [0.1, 0.15) is 40.5 Å². The van der Waals surface area contributed by atoms with Gasteiger partial charge in [0.1, 0.15) is 12.2 Å². The molecule has 1 atom stereocenters. The van der Waals surface area contributed by atoms with Crippen LogP contribution in [0.15, 0.2) is 0 Å². The number of Topliss-reactive ketones (excluding diaryl/α,β-unsaturated/α-hetero) is 1. The molecule has 0 aromatic carbocycles. The first-order valence-electron chi connectivity index (χ1n) is 6.94. The topological polar surface area (TPSA) is 52.6 Å². The van der Waals surface area contributed by atoms with E-state index in [1.165, 1.54) is 0 Å². The van der Waals surface area contributed by atoms with Gasteiger partial charge in [0.25, 0.3) is 0 Å². The molecule has 0 rings (SSSR count). The van der Waals surface area contributed by atoms with Gasteiger partial charge in [0, 0.05) is 12.3 Å². The molecular weight excluding hydrogens is 296 g/mol. The maximum absolute atomic E-state index is 11.8. The Bertz CT molecular complexity index is 337. The molecule has 0 aliphatic rings. The van der Waals surface area contributed by atoms with Crippen molar-refractivity contribution in [2.45, 2.75) is 64.8 Å². The zero-order chi connectivity index (χ0) is 16.0. The summed E-state index contributed by atoms with van der Waals surface area (Å²) in [4.78, 5) is 23.1. The van der Waals surface area contributed by atoms with E-state index in [4.69, 9.17) is 20.8 Å². The van der Waals surface area contributed by atoms with E-state index in [0.717, 1.165) is 0 Å². The van der Waals surface area contributed by atoms with E-state index in [9.17, 15) is 9.59 Å². The van der Waals surface area contributed by atoms with Gasteiger partial charge in [-0.3, -0.25) is 9.59 Å². The lowest BCUT2D eigenvalue weighted by Crippen LogP contribution is -2.45. The van der Waals surface area contributed by atoms with Crippen LogP contribution in [0.2, 0.25) is 18.1 Å². The first-order valence-corrected chi connectivity index (χ1v) is 10.4. The first-order chi connectivity index (χ1) is 9.03. The maximum Gasteiger partial charge on any atom is 0.313 e. The predicted molar refractivity (Wildman–Crippen MR) is 83.7 cm³/mol. The van der Waals surface area contributed by atoms with Crippen molar-refractivity contribution < 1.29 is 18.8 Å². The molecular formula is C14H27ClO4Si. The smallest absolute Gasteiger partial charge is 0.313 e. The second kappa shape index (κ2) is 8.15. The Morgan fingerprint density at radius 2 is 1.80 bits per heavy atom. The molecule has 0 spiro atoms. The minimum Gasteiger partial charge on any atom is -0.466 e. The number of carbonyl (C=O) groups excluding carboxylic acids is 2. The van der Waals surface area contributed by atoms with Crippen LogP contribution in [0.5, 0.6) is 0 Å². The molecule has 0 N–H and O–H groups in total. The predicted octanol–water partition coefficient (Wildman–Crippen LogP) is 3.53. The van der Waals surface area contributed by atoms with Crippen LogP contribution in [0.4, 0.5) is 0 Å². The lowest BCUT2D eigenvalue weighted by Gasteiger charge is -2.38. The number of alkyl halides is 1. The van der Waals surface area contributed by atoms with E-state index in [-0.39, 0.29) is 42.3 Å². The Morgan fingerprint density at radius 1 is 1.25 bits per heavy atom. The van der Waals surface area contributed by atoms with E-state index in [1.807, 2.05) is 0 Å². The van der Waals surface area contributed by atoms with E-state index >= 15 is 0 Å². The molecule has 0 saturated carbocycles. The van der Waals surface area contributed by atoms with Gasteiger partial charge in [-0.1, -0.05) is 20.8 Å². The number of hydrogen-bond acceptors (Lipinski definition) is 4. The van der Waals surface area contributed by atoms with Gasteiger partial charge in [0.15, 0.2) is 8.32 Å². The largest absolute Gasteiger partial charge is 0.466 e. The first kappa shape index (κ1) is 19.6. The van der Waals surface area contributed by atoms with Crippen molar-refractivity contribution in [2.24, 2.45) is 0 Å². The van der Waals surface area contributed by atoms with Crippen molar-refractivity contribution in [3.8, 4) is 0 Å². The molecule has 20 heavy (non-hydrogen) atoms. The summed E-state index contributed by atoms with van der Waals surface area (Å²) in [7, 11) is -1.96. The van der Waals surface area contributed by atoms with Gasteiger partial charge in [-0.2, -0.15) is 0 Å². The fourth-order valence-corrected chi connectivity index (χ4v) is 3.05. The van der Waals surface area contributed by atoms with Crippen LogP contribution in [-0.2, 0) is 18.8 Å². The third-order valence-corrected chi connectivity index (χ3v) is 8.42. The number of halogens is 1. The number of ether oxygens (including phenoxy) is 1. The number of carbonyl (C=O) groups is 2. The second-order valence-corrected chi connectivity index (χ2v) is 11.4. The molecule has 0 aliphatic heterocycles. The van der Waals surface area contributed by atoms with Crippen LogP contribution in [-0.4, -0.2) is 38.7 Å². The van der Waals surface area contributed by atoms with E-state index in [1.54, 1.807) is 6.92 Å². The van der Waals surface area contributed by atoms with Crippen LogP contribution < -0.4 is 0 Å². The van der Waals surface area contributed by atoms with Crippen molar-refractivity contribution in [2.75, 3.05) is 12.5 Å². The molecule has 118 valence electrons. The third kappa shape index (κ3) is 6.86. The summed E-state index contributed by atoms with van der Waals surface area (Å²) >= 11 is 5.89. The Hall–Kier alpha value is -0.393. The zero-order valence-electron chi connectivity index (χ0n) is 13.4. The summed E-state index contributed by atoms with van der Waals surface area (Å²) in [6, 6.07) is 0. The van der Waals surface area contributed by atoms with Crippen molar-refractivity contribution in [1.82, 2.24) is 0 Å². The highest BCUT2D eigenvalue weighted by Gasteiger charge is 2.39. The Kier molecular flexibility index (Phi) is 7.99. The van der Waals surface area contributed by atoms with Crippen LogP contribution in [0, 0.1) is 0 Å². The molecule has 0 aliphatic carbocycles. The molecule has 0 saturated heterocycles. The SMILES string of the molecule is CCOC(=O)CC(=O)CC(CCl)O[Si](C)(C)C(C)(C)C. The average Bonchev–Trinajstić information content (AvgIpc) is 2.26. The minimum absolute atomic E-state index is 0.0570. The molecule has 1 unspecified atom stereocenters.